The van der Waals surface area contributed by atoms with E-state index in [0.717, 1.165) is 29.1 Å². The Labute approximate surface area is 223 Å². The van der Waals surface area contributed by atoms with Crippen molar-refractivity contribution >= 4 is 29.7 Å². The largest absolute Gasteiger partial charge is 0.480 e. The summed E-state index contributed by atoms with van der Waals surface area (Å²) in [6.45, 7) is 12.8. The van der Waals surface area contributed by atoms with Gasteiger partial charge in [-0.2, -0.15) is 11.8 Å². The quantitative estimate of drug-likeness (QED) is 0.113. The number of likely N-dealkylation sites (N-methyl/N-ethyl adjacent to an activating group) is 1. The second-order valence-electron chi connectivity index (χ2n) is 10.7. The predicted octanol–water partition coefficient (Wildman–Crippen LogP) is 6.67. The fraction of sp³-hybridized carbons (Fsp3) is 0.821. The number of carbonyl (C=O) groups excluding carboxylic acids is 1. The molecule has 3 atom stereocenters. The maximum absolute atomic E-state index is 12.2. The molecule has 0 saturated heterocycles. The van der Waals surface area contributed by atoms with Crippen molar-refractivity contribution in [1.29, 1.82) is 0 Å². The summed E-state index contributed by atoms with van der Waals surface area (Å²) in [6, 6.07) is -1.73. The van der Waals surface area contributed by atoms with Crippen molar-refractivity contribution in [2.24, 2.45) is 17.8 Å². The Morgan fingerprint density at radius 1 is 0.917 bits per heavy atom. The van der Waals surface area contributed by atoms with Crippen molar-refractivity contribution in [2.75, 3.05) is 24.6 Å². The van der Waals surface area contributed by atoms with Crippen LogP contribution >= 0.6 is 11.8 Å². The summed E-state index contributed by atoms with van der Waals surface area (Å²) >= 11 is 1.45. The highest BCUT2D eigenvalue weighted by Crippen LogP contribution is 2.22. The molecular weight excluding hydrogens is 476 g/mol. The van der Waals surface area contributed by atoms with E-state index in [9.17, 15) is 19.5 Å². The van der Waals surface area contributed by atoms with Gasteiger partial charge in [-0.3, -0.25) is 4.79 Å². The molecule has 0 spiro atoms. The van der Waals surface area contributed by atoms with Gasteiger partial charge in [-0.1, -0.05) is 84.3 Å². The fourth-order valence-corrected chi connectivity index (χ4v) is 5.10. The van der Waals surface area contributed by atoms with Crippen molar-refractivity contribution in [3.05, 3.63) is 11.6 Å². The molecule has 0 fully saturated rings. The number of hydrogen-bond acceptors (Lipinski definition) is 4. The summed E-state index contributed by atoms with van der Waals surface area (Å²) in [5, 5.41) is 20.7. The highest BCUT2D eigenvalue weighted by atomic mass is 32.2. The molecule has 8 heteroatoms. The molecule has 0 aromatic heterocycles. The average molecular weight is 529 g/mol. The minimum Gasteiger partial charge on any atom is -0.480 e. The van der Waals surface area contributed by atoms with Gasteiger partial charge < -0.3 is 20.4 Å². The van der Waals surface area contributed by atoms with Crippen LogP contribution in [0.15, 0.2) is 11.6 Å². The van der Waals surface area contributed by atoms with Gasteiger partial charge in [-0.05, 0) is 44.4 Å². The van der Waals surface area contributed by atoms with Gasteiger partial charge in [0.25, 0.3) is 0 Å². The van der Waals surface area contributed by atoms with E-state index in [0.29, 0.717) is 5.75 Å². The number of nitrogens with one attached hydrogen (secondary N) is 1. The molecule has 210 valence electrons. The van der Waals surface area contributed by atoms with Gasteiger partial charge >= 0.3 is 18.0 Å². The third-order valence-corrected chi connectivity index (χ3v) is 7.54. The maximum Gasteiger partial charge on any atom is 0.327 e. The first-order valence-corrected chi connectivity index (χ1v) is 14.8. The van der Waals surface area contributed by atoms with Gasteiger partial charge in [0.05, 0.1) is 0 Å². The second kappa shape index (κ2) is 20.4. The number of allylic oxidation sites excluding steroid dienone is 1. The molecule has 0 aliphatic carbocycles. The molecule has 0 aliphatic heterocycles. The molecule has 0 aromatic carbocycles. The molecule has 0 saturated carbocycles. The highest BCUT2D eigenvalue weighted by molar-refractivity contribution is 7.99. The van der Waals surface area contributed by atoms with E-state index < -0.39 is 30.6 Å². The van der Waals surface area contributed by atoms with Gasteiger partial charge in [0.1, 0.15) is 12.6 Å². The van der Waals surface area contributed by atoms with Crippen molar-refractivity contribution in [3.8, 4) is 0 Å². The average Bonchev–Trinajstić information content (AvgIpc) is 2.78. The molecule has 0 aromatic rings. The number of rotatable bonds is 21. The normalized spacial score (nSPS) is 14.4. The number of aliphatic carboxylic acids is 2. The molecule has 7 nitrogen and oxygen atoms in total. The third kappa shape index (κ3) is 18.6. The van der Waals surface area contributed by atoms with E-state index in [4.69, 9.17) is 5.11 Å². The number of nitrogens with zero attached hydrogens (tertiary/aromatic N) is 1. The lowest BCUT2D eigenvalue weighted by Gasteiger charge is -2.22. The van der Waals surface area contributed by atoms with Crippen LogP contribution in [0.5, 0.6) is 0 Å². The van der Waals surface area contributed by atoms with Crippen LogP contribution < -0.4 is 5.32 Å². The molecule has 0 aliphatic rings. The molecule has 3 N–H and O–H groups in total. The van der Waals surface area contributed by atoms with Crippen LogP contribution in [0, 0.1) is 17.8 Å². The number of carbonyl (C=O) groups is 3. The zero-order chi connectivity index (χ0) is 27.5. The number of thioether (sulfide) groups is 1. The fourth-order valence-electron chi connectivity index (χ4n) is 4.10. The van der Waals surface area contributed by atoms with E-state index in [1.54, 1.807) is 6.92 Å². The van der Waals surface area contributed by atoms with Crippen molar-refractivity contribution < 1.29 is 24.6 Å². The van der Waals surface area contributed by atoms with E-state index in [-0.39, 0.29) is 12.3 Å². The molecule has 36 heavy (non-hydrogen) atoms. The summed E-state index contributed by atoms with van der Waals surface area (Å²) < 4.78 is 0. The Kier molecular flexibility index (Phi) is 19.4. The summed E-state index contributed by atoms with van der Waals surface area (Å²) in [5.74, 6) is 1.05. The standard InChI is InChI=1S/C28H52N2O5S/c1-7-30(19-26(31)32)28(35)29-25(27(33)34)20-36-18-17-24(6)16-10-15-23(5)14-9-13-22(4)12-8-11-21(2)3/h17,21-23,25H,7-16,18-20H2,1-6H3,(H,29,35)(H,31,32)(H,33,34)/b24-17+/t22?,23?,25-/m0/s1. The lowest BCUT2D eigenvalue weighted by atomic mass is 9.91. The van der Waals surface area contributed by atoms with Crippen molar-refractivity contribution in [1.82, 2.24) is 10.2 Å². The predicted molar refractivity (Wildman–Crippen MR) is 151 cm³/mol. The molecular formula is C28H52N2O5S. The monoisotopic (exact) mass is 528 g/mol. The second-order valence-corrected chi connectivity index (χ2v) is 11.8. The van der Waals surface area contributed by atoms with Crippen LogP contribution in [0.4, 0.5) is 4.79 Å². The zero-order valence-corrected chi connectivity index (χ0v) is 24.4. The van der Waals surface area contributed by atoms with E-state index in [1.165, 1.54) is 68.7 Å². The molecule has 0 bridgehead atoms. The zero-order valence-electron chi connectivity index (χ0n) is 23.6. The Morgan fingerprint density at radius 2 is 1.47 bits per heavy atom. The van der Waals surface area contributed by atoms with E-state index in [1.807, 2.05) is 0 Å². The van der Waals surface area contributed by atoms with Crippen molar-refractivity contribution in [2.45, 2.75) is 105 Å². The van der Waals surface area contributed by atoms with Crippen LogP contribution in [-0.4, -0.2) is 63.7 Å². The third-order valence-electron chi connectivity index (χ3n) is 6.57. The SMILES string of the molecule is CCN(CC(=O)O)C(=O)N[C@@H](CSC/C=C(\C)CCCC(C)CCCC(C)CCCC(C)C)C(=O)O. The van der Waals surface area contributed by atoms with Gasteiger partial charge in [0, 0.05) is 18.1 Å². The van der Waals surface area contributed by atoms with Gasteiger partial charge in [0.2, 0.25) is 0 Å². The molecule has 2 amide bonds. The Balaban J connectivity index is 4.15. The first-order valence-electron chi connectivity index (χ1n) is 13.7. The molecule has 0 rings (SSSR count). The number of carboxylic acids is 2. The van der Waals surface area contributed by atoms with Gasteiger partial charge in [-0.15, -0.1) is 0 Å². The Morgan fingerprint density at radius 3 is 1.97 bits per heavy atom. The summed E-state index contributed by atoms with van der Waals surface area (Å²) in [6.07, 6.45) is 13.6. The lowest BCUT2D eigenvalue weighted by Crippen LogP contribution is -2.50. The van der Waals surface area contributed by atoms with Crippen LogP contribution in [0.2, 0.25) is 0 Å². The first-order chi connectivity index (χ1) is 17.0. The summed E-state index contributed by atoms with van der Waals surface area (Å²) in [5.41, 5.74) is 1.31. The summed E-state index contributed by atoms with van der Waals surface area (Å²) in [4.78, 5) is 35.6. The first kappa shape index (κ1) is 34.3. The van der Waals surface area contributed by atoms with E-state index in [2.05, 4.69) is 46.0 Å². The Bertz CT molecular complexity index is 668. The number of carboxylic acid groups (broad SMARTS) is 2. The smallest absolute Gasteiger partial charge is 0.327 e. The number of amides is 2. The molecule has 0 heterocycles. The van der Waals surface area contributed by atoms with Crippen LogP contribution in [0.1, 0.15) is 99.3 Å². The van der Waals surface area contributed by atoms with E-state index >= 15 is 0 Å². The molecule has 2 unspecified atom stereocenters. The van der Waals surface area contributed by atoms with Crippen LogP contribution in [-0.2, 0) is 9.59 Å². The lowest BCUT2D eigenvalue weighted by molar-refractivity contribution is -0.138. The highest BCUT2D eigenvalue weighted by Gasteiger charge is 2.23. The van der Waals surface area contributed by atoms with Crippen LogP contribution in [0.3, 0.4) is 0 Å². The van der Waals surface area contributed by atoms with Crippen molar-refractivity contribution in [3.63, 3.8) is 0 Å². The molecule has 0 radical (unpaired) electrons. The van der Waals surface area contributed by atoms with Crippen LogP contribution in [0.25, 0.3) is 0 Å². The topological polar surface area (TPSA) is 107 Å². The minimum atomic E-state index is -1.13. The Hall–Kier alpha value is -1.70. The summed E-state index contributed by atoms with van der Waals surface area (Å²) in [7, 11) is 0. The minimum absolute atomic E-state index is 0.190. The van der Waals surface area contributed by atoms with Gasteiger partial charge in [0.15, 0.2) is 0 Å². The maximum atomic E-state index is 12.2. The number of urea groups is 1. The number of hydrogen-bond donors (Lipinski definition) is 3. The van der Waals surface area contributed by atoms with Gasteiger partial charge in [-0.25, -0.2) is 9.59 Å².